The number of carbonyl (C=O) groups is 1. The Morgan fingerprint density at radius 1 is 1.56 bits per heavy atom. The quantitative estimate of drug-likeness (QED) is 0.821. The molecule has 0 saturated carbocycles. The van der Waals surface area contributed by atoms with Gasteiger partial charge in [0.05, 0.1) is 0 Å². The Hall–Kier alpha value is -1.20. The summed E-state index contributed by atoms with van der Waals surface area (Å²) >= 11 is 5.61. The van der Waals surface area contributed by atoms with Gasteiger partial charge in [-0.15, -0.1) is 10.2 Å². The Bertz CT molecular complexity index is 375. The fraction of sp³-hybridized carbons (Fsp3) is 0.500. The molecule has 2 rings (SSSR count). The van der Waals surface area contributed by atoms with Crippen LogP contribution < -0.4 is 5.32 Å². The van der Waals surface area contributed by atoms with Gasteiger partial charge in [0.1, 0.15) is 0 Å². The molecule has 1 aliphatic rings. The van der Waals surface area contributed by atoms with E-state index >= 15 is 0 Å². The Kier molecular flexibility index (Phi) is 3.36. The molecule has 6 heteroatoms. The van der Waals surface area contributed by atoms with Crippen molar-refractivity contribution in [1.82, 2.24) is 20.4 Å². The molecule has 1 fully saturated rings. The minimum atomic E-state index is -0.113. The fourth-order valence-electron chi connectivity index (χ4n) is 1.75. The van der Waals surface area contributed by atoms with Gasteiger partial charge in [0.2, 0.25) is 0 Å². The molecule has 16 heavy (non-hydrogen) atoms. The van der Waals surface area contributed by atoms with Gasteiger partial charge in [0, 0.05) is 19.6 Å². The van der Waals surface area contributed by atoms with Gasteiger partial charge in [0.25, 0.3) is 5.91 Å². The first-order valence-electron chi connectivity index (χ1n) is 5.15. The predicted molar refractivity (Wildman–Crippen MR) is 60.4 cm³/mol. The molecule has 0 spiro atoms. The summed E-state index contributed by atoms with van der Waals surface area (Å²) in [4.78, 5) is 13.7. The molecule has 5 nitrogen and oxygen atoms in total. The fourth-order valence-corrected chi connectivity index (χ4v) is 1.85. The third-order valence-electron chi connectivity index (χ3n) is 2.75. The maximum Gasteiger partial charge on any atom is 0.274 e. The number of hydrogen-bond acceptors (Lipinski definition) is 4. The molecular weight excluding hydrogens is 228 g/mol. The summed E-state index contributed by atoms with van der Waals surface area (Å²) in [5.74, 6) is -0.113. The van der Waals surface area contributed by atoms with Crippen molar-refractivity contribution in [2.75, 3.05) is 20.1 Å². The SMILES string of the molecule is CN(C(=O)c1ccc(Cl)nn1)C1CCNC1. The highest BCUT2D eigenvalue weighted by Gasteiger charge is 2.24. The van der Waals surface area contributed by atoms with Crippen molar-refractivity contribution in [3.63, 3.8) is 0 Å². The third-order valence-corrected chi connectivity index (χ3v) is 2.96. The largest absolute Gasteiger partial charge is 0.336 e. The number of likely N-dealkylation sites (N-methyl/N-ethyl adjacent to an activating group) is 1. The van der Waals surface area contributed by atoms with Gasteiger partial charge < -0.3 is 10.2 Å². The van der Waals surface area contributed by atoms with Gasteiger partial charge in [-0.25, -0.2) is 0 Å². The summed E-state index contributed by atoms with van der Waals surface area (Å²) in [6.07, 6.45) is 0.975. The Balaban J connectivity index is 2.08. The lowest BCUT2D eigenvalue weighted by Crippen LogP contribution is -2.38. The van der Waals surface area contributed by atoms with E-state index in [2.05, 4.69) is 15.5 Å². The zero-order valence-corrected chi connectivity index (χ0v) is 9.74. The summed E-state index contributed by atoms with van der Waals surface area (Å²) in [6, 6.07) is 3.41. The van der Waals surface area contributed by atoms with Crippen molar-refractivity contribution >= 4 is 17.5 Å². The Labute approximate surface area is 98.8 Å². The Morgan fingerprint density at radius 3 is 2.94 bits per heavy atom. The molecule has 1 saturated heterocycles. The van der Waals surface area contributed by atoms with Gasteiger partial charge in [-0.05, 0) is 25.1 Å². The summed E-state index contributed by atoms with van der Waals surface area (Å²) in [7, 11) is 1.79. The molecule has 2 heterocycles. The number of halogens is 1. The number of aromatic nitrogens is 2. The average Bonchev–Trinajstić information content (AvgIpc) is 2.81. The smallest absolute Gasteiger partial charge is 0.274 e. The van der Waals surface area contributed by atoms with Crippen molar-refractivity contribution in [3.05, 3.63) is 23.0 Å². The minimum Gasteiger partial charge on any atom is -0.336 e. The van der Waals surface area contributed by atoms with Gasteiger partial charge in [0.15, 0.2) is 10.8 Å². The normalized spacial score (nSPS) is 19.8. The summed E-state index contributed by atoms with van der Waals surface area (Å²) in [6.45, 7) is 1.79. The van der Waals surface area contributed by atoms with Crippen LogP contribution in [0.1, 0.15) is 16.9 Å². The summed E-state index contributed by atoms with van der Waals surface area (Å²) in [5.41, 5.74) is 0.332. The van der Waals surface area contributed by atoms with Crippen LogP contribution in [0.3, 0.4) is 0 Å². The van der Waals surface area contributed by atoms with Gasteiger partial charge in [-0.1, -0.05) is 11.6 Å². The molecule has 0 bridgehead atoms. The number of carbonyl (C=O) groups excluding carboxylic acids is 1. The molecule has 1 aliphatic heterocycles. The monoisotopic (exact) mass is 240 g/mol. The standard InChI is InChI=1S/C10H13ClN4O/c1-15(7-4-5-12-6-7)10(16)8-2-3-9(11)14-13-8/h2-3,7,12H,4-6H2,1H3. The van der Waals surface area contributed by atoms with E-state index in [9.17, 15) is 4.79 Å². The zero-order chi connectivity index (χ0) is 11.5. The first kappa shape index (κ1) is 11.3. The molecule has 1 aromatic rings. The van der Waals surface area contributed by atoms with Crippen LogP contribution in [-0.2, 0) is 0 Å². The van der Waals surface area contributed by atoms with E-state index in [1.165, 1.54) is 0 Å². The van der Waals surface area contributed by atoms with E-state index in [1.54, 1.807) is 24.1 Å². The summed E-state index contributed by atoms with van der Waals surface area (Å²) < 4.78 is 0. The first-order chi connectivity index (χ1) is 7.68. The average molecular weight is 241 g/mol. The van der Waals surface area contributed by atoms with E-state index in [1.807, 2.05) is 0 Å². The van der Waals surface area contributed by atoms with Crippen molar-refractivity contribution in [2.24, 2.45) is 0 Å². The molecular formula is C10H13ClN4O. The van der Waals surface area contributed by atoms with Crippen LogP contribution >= 0.6 is 11.6 Å². The van der Waals surface area contributed by atoms with E-state index in [4.69, 9.17) is 11.6 Å². The van der Waals surface area contributed by atoms with Gasteiger partial charge in [-0.2, -0.15) is 0 Å². The minimum absolute atomic E-state index is 0.113. The van der Waals surface area contributed by atoms with Gasteiger partial charge >= 0.3 is 0 Å². The Morgan fingerprint density at radius 2 is 2.38 bits per heavy atom. The lowest BCUT2D eigenvalue weighted by atomic mass is 10.2. The number of hydrogen-bond donors (Lipinski definition) is 1. The van der Waals surface area contributed by atoms with Crippen LogP contribution in [-0.4, -0.2) is 47.2 Å². The van der Waals surface area contributed by atoms with E-state index < -0.39 is 0 Å². The van der Waals surface area contributed by atoms with E-state index in [0.717, 1.165) is 19.5 Å². The van der Waals surface area contributed by atoms with Crippen molar-refractivity contribution in [3.8, 4) is 0 Å². The highest BCUT2D eigenvalue weighted by atomic mass is 35.5. The number of amides is 1. The molecule has 0 aromatic carbocycles. The van der Waals surface area contributed by atoms with Crippen LogP contribution in [0.15, 0.2) is 12.1 Å². The molecule has 1 aromatic heterocycles. The third kappa shape index (κ3) is 2.31. The highest BCUT2D eigenvalue weighted by molar-refractivity contribution is 6.29. The topological polar surface area (TPSA) is 58.1 Å². The highest BCUT2D eigenvalue weighted by Crippen LogP contribution is 2.10. The van der Waals surface area contributed by atoms with Crippen LogP contribution in [0, 0.1) is 0 Å². The van der Waals surface area contributed by atoms with E-state index in [0.29, 0.717) is 10.8 Å². The van der Waals surface area contributed by atoms with Crippen molar-refractivity contribution in [2.45, 2.75) is 12.5 Å². The maximum atomic E-state index is 12.0. The van der Waals surface area contributed by atoms with Gasteiger partial charge in [-0.3, -0.25) is 4.79 Å². The molecule has 1 N–H and O–H groups in total. The number of rotatable bonds is 2. The second-order valence-electron chi connectivity index (χ2n) is 3.80. The van der Waals surface area contributed by atoms with Crippen molar-refractivity contribution in [1.29, 1.82) is 0 Å². The lowest BCUT2D eigenvalue weighted by Gasteiger charge is -2.22. The molecule has 1 atom stereocenters. The zero-order valence-electron chi connectivity index (χ0n) is 8.98. The summed E-state index contributed by atoms with van der Waals surface area (Å²) in [5, 5.41) is 10.9. The van der Waals surface area contributed by atoms with Crippen molar-refractivity contribution < 1.29 is 4.79 Å². The molecule has 1 amide bonds. The van der Waals surface area contributed by atoms with E-state index in [-0.39, 0.29) is 11.9 Å². The second-order valence-corrected chi connectivity index (χ2v) is 4.19. The number of nitrogens with one attached hydrogen (secondary N) is 1. The predicted octanol–water partition coefficient (Wildman–Crippen LogP) is 0.564. The molecule has 86 valence electrons. The van der Waals surface area contributed by atoms with Crippen LogP contribution in [0.25, 0.3) is 0 Å². The second kappa shape index (κ2) is 4.76. The lowest BCUT2D eigenvalue weighted by molar-refractivity contribution is 0.0736. The number of nitrogens with zero attached hydrogens (tertiary/aromatic N) is 3. The van der Waals surface area contributed by atoms with Crippen LogP contribution in [0.5, 0.6) is 0 Å². The van der Waals surface area contributed by atoms with Crippen LogP contribution in [0.4, 0.5) is 0 Å². The first-order valence-corrected chi connectivity index (χ1v) is 5.53. The molecule has 0 aliphatic carbocycles. The molecule has 0 radical (unpaired) electrons. The van der Waals surface area contributed by atoms with Crippen LogP contribution in [0.2, 0.25) is 5.15 Å². The maximum absolute atomic E-state index is 12.0. The molecule has 1 unspecified atom stereocenters.